The average molecular weight is 346 g/mol. The summed E-state index contributed by atoms with van der Waals surface area (Å²) in [5, 5.41) is 10.9. The number of nitrogens with zero attached hydrogens (tertiary/aromatic N) is 2. The van der Waals surface area contributed by atoms with Gasteiger partial charge in [-0.2, -0.15) is 4.31 Å². The van der Waals surface area contributed by atoms with Gasteiger partial charge in [0.05, 0.1) is 10.7 Å². The molecule has 0 radical (unpaired) electrons. The van der Waals surface area contributed by atoms with Gasteiger partial charge in [0, 0.05) is 24.7 Å². The second-order valence-electron chi connectivity index (χ2n) is 5.86. The van der Waals surface area contributed by atoms with Gasteiger partial charge in [0.15, 0.2) is 0 Å². The number of rotatable bonds is 5. The van der Waals surface area contributed by atoms with Crippen LogP contribution in [0.3, 0.4) is 0 Å². The number of hydrogen-bond acceptors (Lipinski definition) is 4. The molecule has 1 atom stereocenters. The van der Waals surface area contributed by atoms with E-state index in [1.54, 1.807) is 6.07 Å². The summed E-state index contributed by atoms with van der Waals surface area (Å²) in [7, 11) is -3.54. The molecular formula is C17H18N2O4S. The number of nitro benzene ring substituents is 1. The SMILES string of the molecule is O=[N+]([O-])c1cccc(CS(=O)(=O)N2CCCC2c2ccccc2)c1. The van der Waals surface area contributed by atoms with Crippen LogP contribution in [0.1, 0.15) is 30.0 Å². The molecular weight excluding hydrogens is 328 g/mol. The van der Waals surface area contributed by atoms with Gasteiger partial charge in [-0.15, -0.1) is 0 Å². The summed E-state index contributed by atoms with van der Waals surface area (Å²) in [5.74, 6) is -0.224. The molecule has 0 aliphatic carbocycles. The quantitative estimate of drug-likeness (QED) is 0.615. The smallest absolute Gasteiger partial charge is 0.258 e. The Bertz CT molecular complexity index is 837. The first-order valence-corrected chi connectivity index (χ1v) is 9.36. The first kappa shape index (κ1) is 16.6. The highest BCUT2D eigenvalue weighted by Gasteiger charge is 2.35. The average Bonchev–Trinajstić information content (AvgIpc) is 3.06. The largest absolute Gasteiger partial charge is 0.269 e. The van der Waals surface area contributed by atoms with E-state index in [0.717, 1.165) is 18.4 Å². The van der Waals surface area contributed by atoms with Gasteiger partial charge in [0.25, 0.3) is 5.69 Å². The van der Waals surface area contributed by atoms with Crippen LogP contribution in [0.5, 0.6) is 0 Å². The highest BCUT2D eigenvalue weighted by molar-refractivity contribution is 7.88. The van der Waals surface area contributed by atoms with E-state index in [4.69, 9.17) is 0 Å². The van der Waals surface area contributed by atoms with Gasteiger partial charge < -0.3 is 0 Å². The second-order valence-corrected chi connectivity index (χ2v) is 7.78. The predicted molar refractivity (Wildman–Crippen MR) is 90.8 cm³/mol. The minimum absolute atomic E-state index is 0.0938. The molecule has 0 amide bonds. The van der Waals surface area contributed by atoms with E-state index in [2.05, 4.69) is 0 Å². The highest BCUT2D eigenvalue weighted by Crippen LogP contribution is 2.35. The summed E-state index contributed by atoms with van der Waals surface area (Å²) in [4.78, 5) is 10.3. The molecule has 24 heavy (non-hydrogen) atoms. The monoisotopic (exact) mass is 346 g/mol. The van der Waals surface area contributed by atoms with E-state index >= 15 is 0 Å². The summed E-state index contributed by atoms with van der Waals surface area (Å²) in [5.41, 5.74) is 1.32. The fraction of sp³-hybridized carbons (Fsp3) is 0.294. The molecule has 1 aliphatic rings. The van der Waals surface area contributed by atoms with Gasteiger partial charge in [-0.1, -0.05) is 42.5 Å². The molecule has 1 aliphatic heterocycles. The number of sulfonamides is 1. The van der Waals surface area contributed by atoms with Crippen molar-refractivity contribution < 1.29 is 13.3 Å². The Balaban J connectivity index is 1.85. The Hall–Kier alpha value is -2.25. The third-order valence-corrected chi connectivity index (χ3v) is 6.07. The molecule has 1 unspecified atom stereocenters. The topological polar surface area (TPSA) is 80.5 Å². The summed E-state index contributed by atoms with van der Waals surface area (Å²) >= 11 is 0. The van der Waals surface area contributed by atoms with E-state index < -0.39 is 14.9 Å². The number of hydrogen-bond donors (Lipinski definition) is 0. The third-order valence-electron chi connectivity index (χ3n) is 4.22. The third kappa shape index (κ3) is 3.47. The van der Waals surface area contributed by atoms with Crippen molar-refractivity contribution in [3.63, 3.8) is 0 Å². The molecule has 2 aromatic rings. The lowest BCUT2D eigenvalue weighted by Gasteiger charge is -2.24. The maximum atomic E-state index is 12.8. The molecule has 0 spiro atoms. The van der Waals surface area contributed by atoms with Gasteiger partial charge in [-0.25, -0.2) is 8.42 Å². The Kier molecular flexibility index (Phi) is 4.64. The van der Waals surface area contributed by atoms with Crippen molar-refractivity contribution in [1.82, 2.24) is 4.31 Å². The molecule has 2 aromatic carbocycles. The van der Waals surface area contributed by atoms with E-state index in [0.29, 0.717) is 12.1 Å². The lowest BCUT2D eigenvalue weighted by molar-refractivity contribution is -0.384. The van der Waals surface area contributed by atoms with Gasteiger partial charge in [-0.05, 0) is 24.0 Å². The van der Waals surface area contributed by atoms with Crippen molar-refractivity contribution in [3.05, 3.63) is 75.8 Å². The minimum Gasteiger partial charge on any atom is -0.258 e. The fourth-order valence-corrected chi connectivity index (χ4v) is 4.92. The molecule has 0 bridgehead atoms. The van der Waals surface area contributed by atoms with Crippen molar-refractivity contribution in [3.8, 4) is 0 Å². The van der Waals surface area contributed by atoms with Gasteiger partial charge in [0.2, 0.25) is 10.0 Å². The number of benzene rings is 2. The van der Waals surface area contributed by atoms with Gasteiger partial charge in [0.1, 0.15) is 0 Å². The van der Waals surface area contributed by atoms with Crippen molar-refractivity contribution in [2.45, 2.75) is 24.6 Å². The maximum Gasteiger partial charge on any atom is 0.269 e. The Morgan fingerprint density at radius 3 is 2.58 bits per heavy atom. The molecule has 0 aromatic heterocycles. The Morgan fingerprint density at radius 2 is 1.88 bits per heavy atom. The van der Waals surface area contributed by atoms with Crippen molar-refractivity contribution in [1.29, 1.82) is 0 Å². The zero-order chi connectivity index (χ0) is 17.2. The summed E-state index contributed by atoms with van der Waals surface area (Å²) in [6, 6.07) is 15.2. The van der Waals surface area contributed by atoms with Gasteiger partial charge >= 0.3 is 0 Å². The Morgan fingerprint density at radius 1 is 1.12 bits per heavy atom. The minimum atomic E-state index is -3.54. The van der Waals surface area contributed by atoms with Gasteiger partial charge in [-0.3, -0.25) is 10.1 Å². The van der Waals surface area contributed by atoms with E-state index in [9.17, 15) is 18.5 Å². The van der Waals surface area contributed by atoms with Crippen LogP contribution in [0.15, 0.2) is 54.6 Å². The lowest BCUT2D eigenvalue weighted by atomic mass is 10.1. The molecule has 0 saturated carbocycles. The first-order chi connectivity index (χ1) is 11.5. The van der Waals surface area contributed by atoms with E-state index in [1.807, 2.05) is 30.3 Å². The fourth-order valence-electron chi connectivity index (χ4n) is 3.13. The van der Waals surface area contributed by atoms with Crippen LogP contribution in [0.25, 0.3) is 0 Å². The number of non-ortho nitro benzene ring substituents is 1. The first-order valence-electron chi connectivity index (χ1n) is 7.75. The van der Waals surface area contributed by atoms with Crippen LogP contribution in [0.2, 0.25) is 0 Å². The van der Waals surface area contributed by atoms with Crippen molar-refractivity contribution in [2.24, 2.45) is 0 Å². The molecule has 126 valence electrons. The zero-order valence-corrected chi connectivity index (χ0v) is 13.9. The normalized spacial score (nSPS) is 18.6. The Labute approximate surface area is 140 Å². The lowest BCUT2D eigenvalue weighted by Crippen LogP contribution is -2.31. The summed E-state index contributed by atoms with van der Waals surface area (Å²) in [6.45, 7) is 0.483. The summed E-state index contributed by atoms with van der Waals surface area (Å²) < 4.78 is 27.2. The number of nitro groups is 1. The standard InChI is InChI=1S/C17H18N2O4S/c20-19(21)16-9-4-6-14(12-16)13-24(22,23)18-11-5-10-17(18)15-7-2-1-3-8-15/h1-4,6-9,12,17H,5,10-11,13H2. The van der Waals surface area contributed by atoms with E-state index in [1.165, 1.54) is 22.5 Å². The molecule has 1 saturated heterocycles. The van der Waals surface area contributed by atoms with Crippen LogP contribution >= 0.6 is 0 Å². The molecule has 1 fully saturated rings. The molecule has 7 heteroatoms. The summed E-state index contributed by atoms with van der Waals surface area (Å²) in [6.07, 6.45) is 1.60. The van der Waals surface area contributed by atoms with Crippen molar-refractivity contribution >= 4 is 15.7 Å². The molecule has 1 heterocycles. The van der Waals surface area contributed by atoms with Crippen molar-refractivity contribution in [2.75, 3.05) is 6.54 Å². The highest BCUT2D eigenvalue weighted by atomic mass is 32.2. The molecule has 6 nitrogen and oxygen atoms in total. The zero-order valence-electron chi connectivity index (χ0n) is 13.0. The second kappa shape index (κ2) is 6.70. The van der Waals surface area contributed by atoms with Crippen LogP contribution in [0.4, 0.5) is 5.69 Å². The van der Waals surface area contributed by atoms with E-state index in [-0.39, 0.29) is 17.5 Å². The molecule has 0 N–H and O–H groups in total. The maximum absolute atomic E-state index is 12.8. The van der Waals surface area contributed by atoms with Crippen LogP contribution < -0.4 is 0 Å². The van der Waals surface area contributed by atoms with Crippen LogP contribution in [0, 0.1) is 10.1 Å². The van der Waals surface area contributed by atoms with Crippen LogP contribution in [-0.4, -0.2) is 24.2 Å². The predicted octanol–water partition coefficient (Wildman–Crippen LogP) is 3.26. The van der Waals surface area contributed by atoms with Crippen LogP contribution in [-0.2, 0) is 15.8 Å². The molecule has 3 rings (SSSR count).